The average Bonchev–Trinajstić information content (AvgIpc) is 2.63. The maximum absolute atomic E-state index is 12.7. The number of hydrogen-bond donors (Lipinski definition) is 1. The number of alkyl halides is 3. The van der Waals surface area contributed by atoms with Crippen LogP contribution >= 0.6 is 0 Å². The molecular weight excluding hydrogens is 283 g/mol. The molecule has 1 fully saturated rings. The van der Waals surface area contributed by atoms with Crippen LogP contribution in [0, 0.1) is 0 Å². The van der Waals surface area contributed by atoms with Crippen LogP contribution in [-0.4, -0.2) is 36.1 Å². The number of halogens is 3. The van der Waals surface area contributed by atoms with E-state index < -0.39 is 11.7 Å². The van der Waals surface area contributed by atoms with E-state index in [1.54, 1.807) is 0 Å². The highest BCUT2D eigenvalue weighted by molar-refractivity contribution is 5.73. The van der Waals surface area contributed by atoms with E-state index in [-0.39, 0.29) is 5.52 Å². The Hall–Kier alpha value is -1.60. The maximum Gasteiger partial charge on any atom is 0.416 e. The lowest BCUT2D eigenvalue weighted by atomic mass is 10.2. The molecule has 0 amide bonds. The van der Waals surface area contributed by atoms with E-state index in [2.05, 4.69) is 15.2 Å². The molecule has 1 aliphatic heterocycles. The molecule has 0 unspecified atom stereocenters. The van der Waals surface area contributed by atoms with Gasteiger partial charge in [0.05, 0.1) is 12.1 Å². The molecule has 1 aromatic heterocycles. The van der Waals surface area contributed by atoms with Crippen LogP contribution in [0.2, 0.25) is 0 Å². The highest BCUT2D eigenvalue weighted by atomic mass is 19.4. The van der Waals surface area contributed by atoms with Crippen LogP contribution in [0.5, 0.6) is 0 Å². The highest BCUT2D eigenvalue weighted by Gasteiger charge is 2.31. The molecule has 0 spiro atoms. The van der Waals surface area contributed by atoms with Gasteiger partial charge in [-0.15, -0.1) is 0 Å². The Kier molecular flexibility index (Phi) is 3.86. The Morgan fingerprint density at radius 1 is 1.24 bits per heavy atom. The number of fused-ring (bicyclic) bond motifs is 1. The summed E-state index contributed by atoms with van der Waals surface area (Å²) in [5, 5.41) is 3.30. The van der Waals surface area contributed by atoms with Crippen LogP contribution in [0.15, 0.2) is 22.6 Å². The van der Waals surface area contributed by atoms with Crippen LogP contribution in [-0.2, 0) is 12.7 Å². The number of oxazole rings is 1. The Morgan fingerprint density at radius 2 is 2.10 bits per heavy atom. The van der Waals surface area contributed by atoms with Crippen LogP contribution in [0.25, 0.3) is 11.1 Å². The molecule has 114 valence electrons. The first-order chi connectivity index (χ1) is 10.0. The quantitative estimate of drug-likeness (QED) is 0.925. The van der Waals surface area contributed by atoms with E-state index in [4.69, 9.17) is 4.42 Å². The molecule has 21 heavy (non-hydrogen) atoms. The molecule has 2 heterocycles. The smallest absolute Gasteiger partial charge is 0.416 e. The van der Waals surface area contributed by atoms with Gasteiger partial charge in [-0.25, -0.2) is 4.98 Å². The van der Waals surface area contributed by atoms with E-state index >= 15 is 0 Å². The monoisotopic (exact) mass is 299 g/mol. The van der Waals surface area contributed by atoms with E-state index in [9.17, 15) is 13.2 Å². The predicted molar refractivity (Wildman–Crippen MR) is 71.8 cm³/mol. The molecule has 0 radical (unpaired) electrons. The van der Waals surface area contributed by atoms with Crippen molar-refractivity contribution in [3.63, 3.8) is 0 Å². The SMILES string of the molecule is FC(F)(F)c1ccc2oc(CN3CCCNCC3)nc2c1. The van der Waals surface area contributed by atoms with Gasteiger partial charge < -0.3 is 9.73 Å². The molecular formula is C14H16F3N3O. The Morgan fingerprint density at radius 3 is 2.90 bits per heavy atom. The van der Waals surface area contributed by atoms with Gasteiger partial charge in [-0.05, 0) is 37.7 Å². The van der Waals surface area contributed by atoms with Crippen LogP contribution in [0.3, 0.4) is 0 Å². The summed E-state index contributed by atoms with van der Waals surface area (Å²) in [5.74, 6) is 0.464. The molecule has 0 aliphatic carbocycles. The number of rotatable bonds is 2. The molecule has 1 saturated heterocycles. The lowest BCUT2D eigenvalue weighted by molar-refractivity contribution is -0.137. The summed E-state index contributed by atoms with van der Waals surface area (Å²) in [6.45, 7) is 4.22. The van der Waals surface area contributed by atoms with Gasteiger partial charge in [-0.1, -0.05) is 0 Å². The van der Waals surface area contributed by atoms with Gasteiger partial charge in [0.2, 0.25) is 5.89 Å². The molecule has 4 nitrogen and oxygen atoms in total. The molecule has 1 N–H and O–H groups in total. The van der Waals surface area contributed by atoms with Crippen LogP contribution < -0.4 is 5.32 Å². The van der Waals surface area contributed by atoms with Crippen molar-refractivity contribution in [2.45, 2.75) is 19.1 Å². The topological polar surface area (TPSA) is 41.3 Å². The molecule has 0 atom stereocenters. The van der Waals surface area contributed by atoms with Gasteiger partial charge in [0.15, 0.2) is 5.58 Å². The van der Waals surface area contributed by atoms with Gasteiger partial charge in [-0.2, -0.15) is 13.2 Å². The van der Waals surface area contributed by atoms with Gasteiger partial charge in [0.1, 0.15) is 5.52 Å². The lowest BCUT2D eigenvalue weighted by Crippen LogP contribution is -2.27. The summed E-state index contributed by atoms with van der Waals surface area (Å²) in [6, 6.07) is 3.39. The number of nitrogens with zero attached hydrogens (tertiary/aromatic N) is 2. The minimum Gasteiger partial charge on any atom is -0.439 e. The van der Waals surface area contributed by atoms with Crippen molar-refractivity contribution in [2.24, 2.45) is 0 Å². The minimum absolute atomic E-state index is 0.257. The first-order valence-corrected chi connectivity index (χ1v) is 6.92. The van der Waals surface area contributed by atoms with Gasteiger partial charge in [0.25, 0.3) is 0 Å². The zero-order valence-electron chi connectivity index (χ0n) is 11.4. The molecule has 7 heteroatoms. The van der Waals surface area contributed by atoms with Crippen molar-refractivity contribution in [3.05, 3.63) is 29.7 Å². The number of aromatic nitrogens is 1. The van der Waals surface area contributed by atoms with E-state index in [0.717, 1.165) is 44.7 Å². The van der Waals surface area contributed by atoms with Crippen molar-refractivity contribution in [2.75, 3.05) is 26.2 Å². The second-order valence-electron chi connectivity index (χ2n) is 5.17. The summed E-state index contributed by atoms with van der Waals surface area (Å²) in [6.07, 6.45) is -3.32. The lowest BCUT2D eigenvalue weighted by Gasteiger charge is -2.16. The largest absolute Gasteiger partial charge is 0.439 e. The van der Waals surface area contributed by atoms with Crippen molar-refractivity contribution < 1.29 is 17.6 Å². The number of benzene rings is 1. The Labute approximate surface area is 119 Å². The van der Waals surface area contributed by atoms with Gasteiger partial charge in [-0.3, -0.25) is 4.90 Å². The molecule has 1 aromatic carbocycles. The fourth-order valence-corrected chi connectivity index (χ4v) is 2.47. The normalized spacial score (nSPS) is 18.0. The maximum atomic E-state index is 12.7. The Balaban J connectivity index is 1.80. The molecule has 0 bridgehead atoms. The average molecular weight is 299 g/mol. The standard InChI is InChI=1S/C14H16F3N3O/c15-14(16,17)10-2-3-12-11(8-10)19-13(21-12)9-20-6-1-4-18-5-7-20/h2-3,8,18H,1,4-7,9H2. The first-order valence-electron chi connectivity index (χ1n) is 6.92. The van der Waals surface area contributed by atoms with E-state index in [1.165, 1.54) is 6.07 Å². The highest BCUT2D eigenvalue weighted by Crippen LogP contribution is 2.31. The predicted octanol–water partition coefficient (Wildman–Crippen LogP) is 2.64. The van der Waals surface area contributed by atoms with Crippen LogP contribution in [0.1, 0.15) is 17.9 Å². The summed E-state index contributed by atoms with van der Waals surface area (Å²) in [5.41, 5.74) is -0.0486. The van der Waals surface area contributed by atoms with Crippen molar-refractivity contribution in [1.29, 1.82) is 0 Å². The molecule has 3 rings (SSSR count). The third kappa shape index (κ3) is 3.36. The zero-order valence-corrected chi connectivity index (χ0v) is 11.4. The molecule has 0 saturated carbocycles. The van der Waals surface area contributed by atoms with Gasteiger partial charge >= 0.3 is 6.18 Å². The first kappa shape index (κ1) is 14.3. The van der Waals surface area contributed by atoms with Gasteiger partial charge in [0, 0.05) is 13.1 Å². The molecule has 1 aliphatic rings. The Bertz CT molecular complexity index is 615. The number of hydrogen-bond acceptors (Lipinski definition) is 4. The fraction of sp³-hybridized carbons (Fsp3) is 0.500. The third-order valence-corrected chi connectivity index (χ3v) is 3.55. The van der Waals surface area contributed by atoms with Crippen LogP contribution in [0.4, 0.5) is 13.2 Å². The summed E-state index contributed by atoms with van der Waals surface area (Å²) < 4.78 is 43.5. The summed E-state index contributed by atoms with van der Waals surface area (Å²) in [7, 11) is 0. The van der Waals surface area contributed by atoms with Crippen molar-refractivity contribution in [3.8, 4) is 0 Å². The second kappa shape index (κ2) is 5.65. The van der Waals surface area contributed by atoms with Crippen molar-refractivity contribution >= 4 is 11.1 Å². The second-order valence-corrected chi connectivity index (χ2v) is 5.17. The van der Waals surface area contributed by atoms with E-state index in [1.807, 2.05) is 0 Å². The third-order valence-electron chi connectivity index (χ3n) is 3.55. The summed E-state index contributed by atoms with van der Waals surface area (Å²) >= 11 is 0. The summed E-state index contributed by atoms with van der Waals surface area (Å²) in [4.78, 5) is 6.37. The fourth-order valence-electron chi connectivity index (χ4n) is 2.47. The zero-order chi connectivity index (χ0) is 14.9. The number of nitrogens with one attached hydrogen (secondary N) is 1. The van der Waals surface area contributed by atoms with E-state index in [0.29, 0.717) is 18.0 Å². The minimum atomic E-state index is -4.36. The van der Waals surface area contributed by atoms with Crippen molar-refractivity contribution in [1.82, 2.24) is 15.2 Å². The molecule has 2 aromatic rings.